The molecule has 0 aliphatic carbocycles. The first kappa shape index (κ1) is 15.6. The van der Waals surface area contributed by atoms with Gasteiger partial charge >= 0.3 is 5.97 Å². The lowest BCUT2D eigenvalue weighted by atomic mass is 9.95. The molecule has 0 radical (unpaired) electrons. The maximum atomic E-state index is 11.4. The van der Waals surface area contributed by atoms with Crippen molar-refractivity contribution in [2.75, 3.05) is 6.61 Å². The van der Waals surface area contributed by atoms with Crippen LogP contribution in [0.5, 0.6) is 0 Å². The number of aliphatic hydroxyl groups is 1. The first-order chi connectivity index (χ1) is 9.88. The summed E-state index contributed by atoms with van der Waals surface area (Å²) in [5, 5.41) is 19.4. The van der Waals surface area contributed by atoms with Crippen molar-refractivity contribution in [3.63, 3.8) is 0 Å². The number of benzene rings is 1. The molecule has 0 saturated heterocycles. The number of aromatic carboxylic acids is 1. The zero-order valence-electron chi connectivity index (χ0n) is 13.1. The number of hydrogen-bond donors (Lipinski definition) is 2. The molecule has 2 N–H and O–H groups in total. The lowest BCUT2D eigenvalue weighted by Gasteiger charge is -2.11. The molecule has 1 heterocycles. The lowest BCUT2D eigenvalue weighted by Crippen LogP contribution is -2.01. The summed E-state index contributed by atoms with van der Waals surface area (Å²) in [7, 11) is 2.02. The molecule has 1 aromatic carbocycles. The monoisotopic (exact) mass is 289 g/mol. The number of aryl methyl sites for hydroxylation is 2. The van der Waals surface area contributed by atoms with Crippen LogP contribution in [0.1, 0.15) is 53.4 Å². The molecular formula is C17H23NO3. The van der Waals surface area contributed by atoms with E-state index in [9.17, 15) is 9.90 Å². The maximum absolute atomic E-state index is 11.4. The van der Waals surface area contributed by atoms with E-state index in [1.165, 1.54) is 0 Å². The molecule has 114 valence electrons. The summed E-state index contributed by atoms with van der Waals surface area (Å²) in [4.78, 5) is 11.4. The number of aromatic nitrogens is 1. The molecular weight excluding hydrogens is 266 g/mol. The van der Waals surface area contributed by atoms with Crippen molar-refractivity contribution < 1.29 is 15.0 Å². The summed E-state index contributed by atoms with van der Waals surface area (Å²) in [6.07, 6.45) is 1.45. The fourth-order valence-corrected chi connectivity index (χ4v) is 2.96. The van der Waals surface area contributed by atoms with Crippen molar-refractivity contribution in [3.8, 4) is 0 Å². The van der Waals surface area contributed by atoms with Crippen molar-refractivity contribution in [2.45, 2.75) is 39.5 Å². The van der Waals surface area contributed by atoms with Crippen molar-refractivity contribution in [3.05, 3.63) is 34.5 Å². The van der Waals surface area contributed by atoms with E-state index >= 15 is 0 Å². The van der Waals surface area contributed by atoms with Crippen LogP contribution >= 0.6 is 0 Å². The smallest absolute Gasteiger partial charge is 0.335 e. The van der Waals surface area contributed by atoms with Gasteiger partial charge in [-0.15, -0.1) is 0 Å². The summed E-state index contributed by atoms with van der Waals surface area (Å²) in [5.74, 6) is -0.640. The van der Waals surface area contributed by atoms with Crippen LogP contribution in [0, 0.1) is 6.92 Å². The van der Waals surface area contributed by atoms with Gasteiger partial charge in [0.25, 0.3) is 0 Å². The molecule has 21 heavy (non-hydrogen) atoms. The number of carboxylic acids is 1. The van der Waals surface area contributed by atoms with E-state index in [2.05, 4.69) is 25.3 Å². The summed E-state index contributed by atoms with van der Waals surface area (Å²) < 4.78 is 2.14. The zero-order valence-corrected chi connectivity index (χ0v) is 13.1. The Kier molecular flexibility index (Phi) is 4.37. The van der Waals surface area contributed by atoms with Gasteiger partial charge in [-0.25, -0.2) is 4.79 Å². The minimum absolute atomic E-state index is 0.144. The maximum Gasteiger partial charge on any atom is 0.335 e. The number of rotatable bonds is 5. The van der Waals surface area contributed by atoms with E-state index in [0.717, 1.165) is 34.1 Å². The second-order valence-corrected chi connectivity index (χ2v) is 5.87. The van der Waals surface area contributed by atoms with Crippen molar-refractivity contribution in [1.82, 2.24) is 4.57 Å². The van der Waals surface area contributed by atoms with E-state index in [1.54, 1.807) is 12.1 Å². The molecule has 0 aliphatic rings. The highest BCUT2D eigenvalue weighted by atomic mass is 16.4. The van der Waals surface area contributed by atoms with Crippen molar-refractivity contribution >= 4 is 16.9 Å². The third-order valence-corrected chi connectivity index (χ3v) is 4.19. The average molecular weight is 289 g/mol. The van der Waals surface area contributed by atoms with E-state index in [4.69, 9.17) is 5.11 Å². The van der Waals surface area contributed by atoms with E-state index < -0.39 is 5.97 Å². The fourth-order valence-electron chi connectivity index (χ4n) is 2.96. The molecule has 1 aromatic heterocycles. The first-order valence-electron chi connectivity index (χ1n) is 7.34. The van der Waals surface area contributed by atoms with Crippen LogP contribution in [-0.4, -0.2) is 27.4 Å². The molecule has 0 aliphatic heterocycles. The number of nitrogens with zero attached hydrogens (tertiary/aromatic N) is 1. The Morgan fingerprint density at radius 2 is 2.00 bits per heavy atom. The predicted molar refractivity (Wildman–Crippen MR) is 84.1 cm³/mol. The second kappa shape index (κ2) is 5.90. The molecule has 0 unspecified atom stereocenters. The Bertz CT molecular complexity index is 683. The largest absolute Gasteiger partial charge is 0.478 e. The van der Waals surface area contributed by atoms with Crippen LogP contribution in [0.25, 0.3) is 10.9 Å². The normalized spacial score (nSPS) is 11.5. The number of fused-ring (bicyclic) bond motifs is 1. The van der Waals surface area contributed by atoms with Gasteiger partial charge in [-0.1, -0.05) is 13.8 Å². The average Bonchev–Trinajstić information content (AvgIpc) is 2.68. The molecule has 0 spiro atoms. The van der Waals surface area contributed by atoms with Gasteiger partial charge in [0.2, 0.25) is 0 Å². The molecule has 0 bridgehead atoms. The SMILES string of the molecule is Cc1c(CCCO)c2cc(C(=O)O)cc(C(C)C)c2n1C. The Morgan fingerprint density at radius 1 is 1.33 bits per heavy atom. The van der Waals surface area contributed by atoms with Gasteiger partial charge in [-0.3, -0.25) is 0 Å². The summed E-state index contributed by atoms with van der Waals surface area (Å²) in [6.45, 7) is 6.36. The summed E-state index contributed by atoms with van der Waals surface area (Å²) in [5.41, 5.74) is 4.79. The van der Waals surface area contributed by atoms with Crippen molar-refractivity contribution in [1.29, 1.82) is 0 Å². The quantitative estimate of drug-likeness (QED) is 0.888. The highest BCUT2D eigenvalue weighted by Crippen LogP contribution is 2.33. The number of carbonyl (C=O) groups is 1. The van der Waals surface area contributed by atoms with Crippen LogP contribution in [0.15, 0.2) is 12.1 Å². The number of hydrogen-bond acceptors (Lipinski definition) is 2. The molecule has 2 aromatic rings. The number of carboxylic acid groups (broad SMARTS) is 1. The van der Waals surface area contributed by atoms with Crippen LogP contribution in [0.2, 0.25) is 0 Å². The summed E-state index contributed by atoms with van der Waals surface area (Å²) in [6, 6.07) is 3.55. The van der Waals surface area contributed by atoms with Gasteiger partial charge in [-0.2, -0.15) is 0 Å². The van der Waals surface area contributed by atoms with E-state index in [-0.39, 0.29) is 12.5 Å². The van der Waals surface area contributed by atoms with Crippen LogP contribution in [-0.2, 0) is 13.5 Å². The third-order valence-electron chi connectivity index (χ3n) is 4.19. The molecule has 0 amide bonds. The minimum Gasteiger partial charge on any atom is -0.478 e. The zero-order chi connectivity index (χ0) is 15.7. The third kappa shape index (κ3) is 2.68. The molecule has 4 nitrogen and oxygen atoms in total. The Hall–Kier alpha value is -1.81. The molecule has 4 heteroatoms. The lowest BCUT2D eigenvalue weighted by molar-refractivity contribution is 0.0697. The fraction of sp³-hybridized carbons (Fsp3) is 0.471. The van der Waals surface area contributed by atoms with E-state index in [1.807, 2.05) is 7.05 Å². The molecule has 0 saturated carbocycles. The van der Waals surface area contributed by atoms with Gasteiger partial charge in [0.05, 0.1) is 11.1 Å². The summed E-state index contributed by atoms with van der Waals surface area (Å²) >= 11 is 0. The van der Waals surface area contributed by atoms with E-state index in [0.29, 0.717) is 12.0 Å². The van der Waals surface area contributed by atoms with Gasteiger partial charge < -0.3 is 14.8 Å². The predicted octanol–water partition coefficient (Wildman–Crippen LogP) is 3.23. The molecule has 2 rings (SSSR count). The number of aliphatic hydroxyl groups excluding tert-OH is 1. The highest BCUT2D eigenvalue weighted by Gasteiger charge is 2.19. The van der Waals surface area contributed by atoms with Gasteiger partial charge in [0, 0.05) is 24.7 Å². The topological polar surface area (TPSA) is 62.5 Å². The first-order valence-corrected chi connectivity index (χ1v) is 7.34. The standard InChI is InChI=1S/C17H23NO3/c1-10(2)14-8-12(17(20)21)9-15-13(6-5-7-19)11(3)18(4)16(14)15/h8-10,19H,5-7H2,1-4H3,(H,20,21). The molecule has 0 fully saturated rings. The van der Waals surface area contributed by atoms with Crippen LogP contribution in [0.3, 0.4) is 0 Å². The minimum atomic E-state index is -0.895. The second-order valence-electron chi connectivity index (χ2n) is 5.87. The Labute approximate surface area is 125 Å². The molecule has 0 atom stereocenters. The van der Waals surface area contributed by atoms with Gasteiger partial charge in [0.15, 0.2) is 0 Å². The highest BCUT2D eigenvalue weighted by molar-refractivity contribution is 5.97. The Morgan fingerprint density at radius 3 is 2.52 bits per heavy atom. The van der Waals surface area contributed by atoms with Gasteiger partial charge in [0.1, 0.15) is 0 Å². The Balaban J connectivity index is 2.80. The van der Waals surface area contributed by atoms with Crippen LogP contribution < -0.4 is 0 Å². The van der Waals surface area contributed by atoms with Crippen LogP contribution in [0.4, 0.5) is 0 Å². The van der Waals surface area contributed by atoms with Crippen molar-refractivity contribution in [2.24, 2.45) is 7.05 Å². The van der Waals surface area contributed by atoms with Gasteiger partial charge in [-0.05, 0) is 48.9 Å².